The minimum Gasteiger partial charge on any atom is -0.371 e. The fourth-order valence-electron chi connectivity index (χ4n) is 2.64. The number of hydrogen-bond acceptors (Lipinski definition) is 2. The van der Waals surface area contributed by atoms with Gasteiger partial charge in [-0.25, -0.2) is 5.21 Å². The number of hydroxylamine groups is 2. The first kappa shape index (κ1) is 10.1. The standard InChI is InChI=1S/C13H19N2O/c1-15(2,16)13-5-3-4-12(7-13)14-8-10-6-11(10)9-14/h3-5,7,10-11,16H,6,8-9H2,1-2H3/q+1. The Kier molecular flexibility index (Phi) is 2.03. The van der Waals surface area contributed by atoms with Crippen molar-refractivity contribution in [2.24, 2.45) is 11.8 Å². The maximum absolute atomic E-state index is 9.94. The molecule has 86 valence electrons. The van der Waals surface area contributed by atoms with Gasteiger partial charge in [-0.3, -0.25) is 0 Å². The maximum atomic E-state index is 9.94. The van der Waals surface area contributed by atoms with Crippen LogP contribution in [0.25, 0.3) is 0 Å². The summed E-state index contributed by atoms with van der Waals surface area (Å²) in [7, 11) is 3.56. The largest absolute Gasteiger partial charge is 0.371 e. The number of hydrogen-bond donors (Lipinski definition) is 1. The summed E-state index contributed by atoms with van der Waals surface area (Å²) < 4.78 is -0.103. The summed E-state index contributed by atoms with van der Waals surface area (Å²) in [4.78, 5) is 2.44. The lowest BCUT2D eigenvalue weighted by Crippen LogP contribution is -2.36. The van der Waals surface area contributed by atoms with Crippen LogP contribution in [0.2, 0.25) is 0 Å². The monoisotopic (exact) mass is 219 g/mol. The Morgan fingerprint density at radius 3 is 2.56 bits per heavy atom. The first-order valence-corrected chi connectivity index (χ1v) is 5.96. The molecule has 0 spiro atoms. The topological polar surface area (TPSA) is 23.5 Å². The van der Waals surface area contributed by atoms with Gasteiger partial charge in [0.2, 0.25) is 0 Å². The van der Waals surface area contributed by atoms with Gasteiger partial charge in [-0.1, -0.05) is 6.07 Å². The van der Waals surface area contributed by atoms with E-state index in [-0.39, 0.29) is 4.65 Å². The highest BCUT2D eigenvalue weighted by atomic mass is 16.5. The highest BCUT2D eigenvalue weighted by Gasteiger charge is 2.45. The van der Waals surface area contributed by atoms with Crippen molar-refractivity contribution in [1.82, 2.24) is 4.65 Å². The van der Waals surface area contributed by atoms with E-state index in [4.69, 9.17) is 0 Å². The van der Waals surface area contributed by atoms with Crippen LogP contribution in [0.5, 0.6) is 0 Å². The molecule has 2 aliphatic rings. The van der Waals surface area contributed by atoms with Gasteiger partial charge in [0.1, 0.15) is 14.1 Å². The first-order valence-electron chi connectivity index (χ1n) is 5.96. The first-order chi connectivity index (χ1) is 7.54. The molecular weight excluding hydrogens is 200 g/mol. The quantitative estimate of drug-likeness (QED) is 0.608. The maximum Gasteiger partial charge on any atom is 0.166 e. The summed E-state index contributed by atoms with van der Waals surface area (Å²) in [6.45, 7) is 2.40. The highest BCUT2D eigenvalue weighted by molar-refractivity contribution is 5.57. The van der Waals surface area contributed by atoms with Gasteiger partial charge >= 0.3 is 0 Å². The molecule has 2 unspecified atom stereocenters. The van der Waals surface area contributed by atoms with Gasteiger partial charge < -0.3 is 4.90 Å². The molecule has 1 aromatic rings. The van der Waals surface area contributed by atoms with Gasteiger partial charge in [0.05, 0.1) is 0 Å². The van der Waals surface area contributed by atoms with E-state index in [1.54, 1.807) is 14.1 Å². The van der Waals surface area contributed by atoms with Crippen molar-refractivity contribution >= 4 is 11.4 Å². The Morgan fingerprint density at radius 2 is 1.94 bits per heavy atom. The van der Waals surface area contributed by atoms with Crippen molar-refractivity contribution in [2.75, 3.05) is 32.1 Å². The predicted octanol–water partition coefficient (Wildman–Crippen LogP) is 2.10. The average molecular weight is 219 g/mol. The molecule has 16 heavy (non-hydrogen) atoms. The summed E-state index contributed by atoms with van der Waals surface area (Å²) >= 11 is 0. The van der Waals surface area contributed by atoms with E-state index in [1.165, 1.54) is 25.2 Å². The van der Waals surface area contributed by atoms with Crippen LogP contribution in [-0.4, -0.2) is 32.4 Å². The molecule has 1 aliphatic carbocycles. The average Bonchev–Trinajstić information content (AvgIpc) is 2.85. The molecule has 3 nitrogen and oxygen atoms in total. The van der Waals surface area contributed by atoms with Gasteiger partial charge in [-0.05, 0) is 24.3 Å². The van der Waals surface area contributed by atoms with E-state index in [0.717, 1.165) is 17.5 Å². The second-order valence-electron chi connectivity index (χ2n) is 5.58. The lowest BCUT2D eigenvalue weighted by molar-refractivity contribution is -0.0282. The van der Waals surface area contributed by atoms with E-state index in [2.05, 4.69) is 17.0 Å². The molecule has 0 bridgehead atoms. The van der Waals surface area contributed by atoms with E-state index in [9.17, 15) is 5.21 Å². The number of nitrogens with zero attached hydrogens (tertiary/aromatic N) is 2. The molecule has 2 fully saturated rings. The second kappa shape index (κ2) is 3.22. The smallest absolute Gasteiger partial charge is 0.166 e. The van der Waals surface area contributed by atoms with Crippen LogP contribution in [0.1, 0.15) is 6.42 Å². The van der Waals surface area contributed by atoms with E-state index >= 15 is 0 Å². The summed E-state index contributed by atoms with van der Waals surface area (Å²) in [6, 6.07) is 8.25. The van der Waals surface area contributed by atoms with Crippen molar-refractivity contribution in [3.63, 3.8) is 0 Å². The fraction of sp³-hybridized carbons (Fsp3) is 0.538. The van der Waals surface area contributed by atoms with Crippen molar-refractivity contribution < 1.29 is 5.21 Å². The number of quaternary nitrogens is 1. The fourth-order valence-corrected chi connectivity index (χ4v) is 2.64. The Bertz CT molecular complexity index is 401. The molecule has 3 rings (SSSR count). The molecule has 2 atom stereocenters. The Balaban J connectivity index is 1.85. The van der Waals surface area contributed by atoms with Crippen LogP contribution in [0.15, 0.2) is 24.3 Å². The third kappa shape index (κ3) is 1.70. The Hall–Kier alpha value is -1.06. The van der Waals surface area contributed by atoms with E-state index < -0.39 is 0 Å². The molecule has 0 radical (unpaired) electrons. The molecule has 0 aromatic heterocycles. The number of anilines is 1. The zero-order valence-electron chi connectivity index (χ0n) is 9.93. The molecule has 1 saturated heterocycles. The molecular formula is C13H19N2O+. The lowest BCUT2D eigenvalue weighted by Gasteiger charge is -2.23. The lowest BCUT2D eigenvalue weighted by atomic mass is 10.2. The van der Waals surface area contributed by atoms with E-state index in [0.29, 0.717) is 0 Å². The number of piperidine rings is 1. The summed E-state index contributed by atoms with van der Waals surface area (Å²) in [6.07, 6.45) is 1.43. The minimum absolute atomic E-state index is 0.103. The highest BCUT2D eigenvalue weighted by Crippen LogP contribution is 2.46. The van der Waals surface area contributed by atoms with Gasteiger partial charge in [-0.15, -0.1) is 0 Å². The minimum atomic E-state index is -0.103. The molecule has 1 aliphatic heterocycles. The van der Waals surface area contributed by atoms with Crippen LogP contribution < -0.4 is 9.55 Å². The van der Waals surface area contributed by atoms with Gasteiger partial charge in [0.25, 0.3) is 0 Å². The molecule has 1 aromatic carbocycles. The van der Waals surface area contributed by atoms with E-state index in [1.807, 2.05) is 12.1 Å². The summed E-state index contributed by atoms with van der Waals surface area (Å²) in [5.74, 6) is 1.89. The van der Waals surface area contributed by atoms with Crippen LogP contribution in [-0.2, 0) is 0 Å². The Morgan fingerprint density at radius 1 is 1.25 bits per heavy atom. The number of fused-ring (bicyclic) bond motifs is 1. The molecule has 1 N–H and O–H groups in total. The van der Waals surface area contributed by atoms with Crippen LogP contribution in [0.3, 0.4) is 0 Å². The normalized spacial score (nSPS) is 28.1. The molecule has 1 saturated carbocycles. The summed E-state index contributed by atoms with van der Waals surface area (Å²) in [5, 5.41) is 9.94. The van der Waals surface area contributed by atoms with Crippen LogP contribution in [0, 0.1) is 11.8 Å². The zero-order chi connectivity index (χ0) is 11.3. The predicted molar refractivity (Wildman–Crippen MR) is 65.7 cm³/mol. The molecule has 0 amide bonds. The molecule has 3 heteroatoms. The third-order valence-electron chi connectivity index (χ3n) is 3.81. The number of benzene rings is 1. The van der Waals surface area contributed by atoms with Gasteiger partial charge in [-0.2, -0.15) is 4.65 Å². The second-order valence-corrected chi connectivity index (χ2v) is 5.58. The van der Waals surface area contributed by atoms with Gasteiger partial charge in [0, 0.05) is 30.9 Å². The third-order valence-corrected chi connectivity index (χ3v) is 3.81. The van der Waals surface area contributed by atoms with Crippen molar-refractivity contribution in [2.45, 2.75) is 6.42 Å². The van der Waals surface area contributed by atoms with Crippen LogP contribution in [0.4, 0.5) is 11.4 Å². The number of rotatable bonds is 2. The SMILES string of the molecule is C[N+](C)(O)c1cccc(N2CC3CC3C2)c1. The van der Waals surface area contributed by atoms with Crippen molar-refractivity contribution in [3.05, 3.63) is 24.3 Å². The molecule has 1 heterocycles. The van der Waals surface area contributed by atoms with Gasteiger partial charge in [0.15, 0.2) is 5.69 Å². The Labute approximate surface area is 96.5 Å². The van der Waals surface area contributed by atoms with Crippen LogP contribution >= 0.6 is 0 Å². The van der Waals surface area contributed by atoms with Crippen molar-refractivity contribution in [3.8, 4) is 0 Å². The zero-order valence-corrected chi connectivity index (χ0v) is 9.93. The van der Waals surface area contributed by atoms with Crippen molar-refractivity contribution in [1.29, 1.82) is 0 Å². The summed E-state index contributed by atoms with van der Waals surface area (Å²) in [5.41, 5.74) is 2.20.